The number of rotatable bonds is 3. The molecule has 0 bridgehead atoms. The third-order valence-electron chi connectivity index (χ3n) is 4.64. The number of anilines is 1. The maximum absolute atomic E-state index is 12.4. The summed E-state index contributed by atoms with van der Waals surface area (Å²) in [6.07, 6.45) is 5.53. The van der Waals surface area contributed by atoms with Gasteiger partial charge < -0.3 is 10.1 Å². The molecule has 2 heterocycles. The molecule has 0 aromatic carbocycles. The molecule has 0 radical (unpaired) electrons. The Hall–Kier alpha value is -1.42. The van der Waals surface area contributed by atoms with Crippen LogP contribution in [0.25, 0.3) is 0 Å². The Bertz CT molecular complexity index is 620. The summed E-state index contributed by atoms with van der Waals surface area (Å²) in [5.74, 6) is -0.0355. The van der Waals surface area contributed by atoms with Gasteiger partial charge >= 0.3 is 0 Å². The van der Waals surface area contributed by atoms with Crippen LogP contribution >= 0.6 is 11.3 Å². The number of aryl methyl sites for hydroxylation is 1. The molecule has 1 aromatic heterocycles. The maximum atomic E-state index is 12.4. The molecule has 1 fully saturated rings. The van der Waals surface area contributed by atoms with E-state index in [0.29, 0.717) is 25.3 Å². The summed E-state index contributed by atoms with van der Waals surface area (Å²) in [5.41, 5.74) is 1.86. The van der Waals surface area contributed by atoms with E-state index in [4.69, 9.17) is 4.74 Å². The van der Waals surface area contributed by atoms with Crippen molar-refractivity contribution in [2.45, 2.75) is 45.1 Å². The number of carbonyl (C=O) groups is 1. The van der Waals surface area contributed by atoms with E-state index in [1.807, 2.05) is 0 Å². The van der Waals surface area contributed by atoms with Crippen molar-refractivity contribution in [2.24, 2.45) is 0 Å². The van der Waals surface area contributed by atoms with Crippen LogP contribution in [0.5, 0.6) is 0 Å². The topological polar surface area (TPSA) is 65.4 Å². The molecule has 1 aliphatic heterocycles. The number of morpholine rings is 1. The number of nitrogens with zero attached hydrogens (tertiary/aromatic N) is 2. The van der Waals surface area contributed by atoms with Crippen LogP contribution in [-0.2, 0) is 22.4 Å². The van der Waals surface area contributed by atoms with Crippen molar-refractivity contribution in [2.75, 3.05) is 31.6 Å². The molecule has 1 amide bonds. The van der Waals surface area contributed by atoms with Crippen LogP contribution in [0.2, 0.25) is 0 Å². The second-order valence-corrected chi connectivity index (χ2v) is 7.43. The Morgan fingerprint density at radius 1 is 1.43 bits per heavy atom. The van der Waals surface area contributed by atoms with Crippen molar-refractivity contribution in [1.29, 1.82) is 5.26 Å². The number of hydrogen-bond donors (Lipinski definition) is 1. The molecule has 1 N–H and O–H groups in total. The van der Waals surface area contributed by atoms with Crippen molar-refractivity contribution in [3.05, 3.63) is 16.0 Å². The second kappa shape index (κ2) is 7.43. The molecular weight excluding hydrogens is 310 g/mol. The zero-order chi connectivity index (χ0) is 16.2. The molecule has 5 nitrogen and oxygen atoms in total. The van der Waals surface area contributed by atoms with Gasteiger partial charge in [-0.15, -0.1) is 11.3 Å². The minimum atomic E-state index is -0.0355. The van der Waals surface area contributed by atoms with Crippen LogP contribution in [0.3, 0.4) is 0 Å². The highest BCUT2D eigenvalue weighted by molar-refractivity contribution is 7.16. The summed E-state index contributed by atoms with van der Waals surface area (Å²) in [6, 6.07) is 2.57. The fraction of sp³-hybridized carbons (Fsp3) is 0.647. The summed E-state index contributed by atoms with van der Waals surface area (Å²) < 4.78 is 5.40. The van der Waals surface area contributed by atoms with Gasteiger partial charge in [-0.25, -0.2) is 0 Å². The van der Waals surface area contributed by atoms with E-state index < -0.39 is 0 Å². The van der Waals surface area contributed by atoms with E-state index in [1.54, 1.807) is 11.3 Å². The van der Waals surface area contributed by atoms with E-state index >= 15 is 0 Å². The van der Waals surface area contributed by atoms with Gasteiger partial charge in [-0.2, -0.15) is 5.26 Å². The monoisotopic (exact) mass is 333 g/mol. The Kier molecular flexibility index (Phi) is 5.31. The van der Waals surface area contributed by atoms with E-state index in [1.165, 1.54) is 23.3 Å². The van der Waals surface area contributed by atoms with Gasteiger partial charge in [0, 0.05) is 17.5 Å². The van der Waals surface area contributed by atoms with Gasteiger partial charge in [0.25, 0.3) is 0 Å². The number of nitriles is 1. The van der Waals surface area contributed by atoms with E-state index in [2.05, 4.69) is 23.2 Å². The summed E-state index contributed by atoms with van der Waals surface area (Å²) in [6.45, 7) is 4.55. The molecule has 0 spiro atoms. The molecule has 0 saturated carbocycles. The average molecular weight is 333 g/mol. The van der Waals surface area contributed by atoms with E-state index in [9.17, 15) is 10.1 Å². The summed E-state index contributed by atoms with van der Waals surface area (Å²) in [7, 11) is 0. The molecule has 2 aliphatic rings. The first-order chi connectivity index (χ1) is 11.2. The normalized spacial score (nSPS) is 22.0. The highest BCUT2D eigenvalue weighted by Crippen LogP contribution is 2.36. The molecule has 1 unspecified atom stereocenters. The maximum Gasteiger partial charge on any atom is 0.239 e. The third-order valence-corrected chi connectivity index (χ3v) is 5.85. The van der Waals surface area contributed by atoms with Crippen molar-refractivity contribution in [3.63, 3.8) is 0 Å². The minimum Gasteiger partial charge on any atom is -0.379 e. The lowest BCUT2D eigenvalue weighted by Crippen LogP contribution is -2.47. The van der Waals surface area contributed by atoms with Crippen LogP contribution in [0.15, 0.2) is 0 Å². The highest BCUT2D eigenvalue weighted by atomic mass is 32.1. The van der Waals surface area contributed by atoms with Crippen molar-refractivity contribution in [3.8, 4) is 6.07 Å². The van der Waals surface area contributed by atoms with E-state index in [-0.39, 0.29) is 11.9 Å². The number of thiophene rings is 1. The number of nitrogens with one attached hydrogen (secondary N) is 1. The number of ether oxygens (including phenoxy) is 1. The van der Waals surface area contributed by atoms with Gasteiger partial charge in [-0.05, 0) is 38.2 Å². The summed E-state index contributed by atoms with van der Waals surface area (Å²) in [5, 5.41) is 13.2. The Morgan fingerprint density at radius 2 is 2.26 bits per heavy atom. The quantitative estimate of drug-likeness (QED) is 0.863. The molecule has 6 heteroatoms. The van der Waals surface area contributed by atoms with Gasteiger partial charge in [0.05, 0.1) is 25.3 Å². The molecule has 1 aromatic rings. The predicted octanol–water partition coefficient (Wildman–Crippen LogP) is 2.55. The Balaban J connectivity index is 1.70. The zero-order valence-corrected chi connectivity index (χ0v) is 14.4. The minimum absolute atomic E-state index is 0.0355. The van der Waals surface area contributed by atoms with Gasteiger partial charge in [-0.1, -0.05) is 6.42 Å². The average Bonchev–Trinajstić information content (AvgIpc) is 2.69. The van der Waals surface area contributed by atoms with Crippen molar-refractivity contribution < 1.29 is 9.53 Å². The highest BCUT2D eigenvalue weighted by Gasteiger charge is 2.24. The first-order valence-electron chi connectivity index (χ1n) is 8.35. The standard InChI is InChI=1S/C17H23N3O2S/c1-12-11-22-8-7-20(12)10-16(21)19-17-14(9-18)13-5-3-2-4-6-15(13)23-17/h12H,2-8,10-11H2,1H3,(H,19,21). The lowest BCUT2D eigenvalue weighted by Gasteiger charge is -2.32. The lowest BCUT2D eigenvalue weighted by molar-refractivity contribution is -0.119. The first kappa shape index (κ1) is 16.4. The van der Waals surface area contributed by atoms with Crippen LogP contribution in [0, 0.1) is 11.3 Å². The van der Waals surface area contributed by atoms with Gasteiger partial charge in [0.15, 0.2) is 0 Å². The fourth-order valence-corrected chi connectivity index (χ4v) is 4.55. The van der Waals surface area contributed by atoms with Gasteiger partial charge in [0.1, 0.15) is 11.1 Å². The lowest BCUT2D eigenvalue weighted by atomic mass is 10.1. The number of hydrogen-bond acceptors (Lipinski definition) is 5. The fourth-order valence-electron chi connectivity index (χ4n) is 3.30. The Morgan fingerprint density at radius 3 is 3.04 bits per heavy atom. The smallest absolute Gasteiger partial charge is 0.239 e. The second-order valence-electron chi connectivity index (χ2n) is 6.32. The molecular formula is C17H23N3O2S. The largest absolute Gasteiger partial charge is 0.379 e. The third kappa shape index (κ3) is 3.74. The van der Waals surface area contributed by atoms with Gasteiger partial charge in [-0.3, -0.25) is 9.69 Å². The number of amides is 1. The molecule has 23 heavy (non-hydrogen) atoms. The van der Waals surface area contributed by atoms with Crippen LogP contribution < -0.4 is 5.32 Å². The van der Waals surface area contributed by atoms with Crippen LogP contribution in [0.1, 0.15) is 42.2 Å². The van der Waals surface area contributed by atoms with Crippen LogP contribution in [0.4, 0.5) is 5.00 Å². The van der Waals surface area contributed by atoms with E-state index in [0.717, 1.165) is 30.8 Å². The molecule has 3 rings (SSSR count). The molecule has 1 atom stereocenters. The number of fused-ring (bicyclic) bond motifs is 1. The first-order valence-corrected chi connectivity index (χ1v) is 9.17. The zero-order valence-electron chi connectivity index (χ0n) is 13.6. The summed E-state index contributed by atoms with van der Waals surface area (Å²) >= 11 is 1.59. The predicted molar refractivity (Wildman–Crippen MR) is 90.8 cm³/mol. The van der Waals surface area contributed by atoms with Crippen molar-refractivity contribution >= 4 is 22.2 Å². The van der Waals surface area contributed by atoms with Crippen molar-refractivity contribution in [1.82, 2.24) is 4.90 Å². The molecule has 1 aliphatic carbocycles. The molecule has 1 saturated heterocycles. The van der Waals surface area contributed by atoms with Gasteiger partial charge in [0.2, 0.25) is 5.91 Å². The SMILES string of the molecule is CC1COCCN1CC(=O)Nc1sc2c(c1C#N)CCCCC2. The molecule has 124 valence electrons. The van der Waals surface area contributed by atoms with Crippen LogP contribution in [-0.4, -0.2) is 43.2 Å². The Labute approximate surface area is 141 Å². The number of carbonyl (C=O) groups excluding carboxylic acids is 1. The summed E-state index contributed by atoms with van der Waals surface area (Å²) in [4.78, 5) is 15.8.